The highest BCUT2D eigenvalue weighted by molar-refractivity contribution is 8.01. The number of fused-ring (bicyclic) bond motifs is 2. The van der Waals surface area contributed by atoms with Gasteiger partial charge in [0.15, 0.2) is 8.68 Å². The van der Waals surface area contributed by atoms with Crippen molar-refractivity contribution in [2.45, 2.75) is 72.9 Å². The number of para-hydroxylation sites is 2. The first-order valence-corrected chi connectivity index (χ1v) is 15.5. The van der Waals surface area contributed by atoms with E-state index in [1.54, 1.807) is 0 Å². The van der Waals surface area contributed by atoms with Gasteiger partial charge < -0.3 is 0 Å². The van der Waals surface area contributed by atoms with Crippen molar-refractivity contribution in [3.63, 3.8) is 0 Å². The van der Waals surface area contributed by atoms with Crippen LogP contribution in [0.3, 0.4) is 0 Å². The average molecular weight is 501 g/mol. The molecule has 0 aliphatic carbocycles. The minimum absolute atomic E-state index is 1.15. The van der Waals surface area contributed by atoms with E-state index in [4.69, 9.17) is 9.97 Å². The van der Waals surface area contributed by atoms with E-state index in [-0.39, 0.29) is 0 Å². The molecule has 0 spiro atoms. The van der Waals surface area contributed by atoms with Gasteiger partial charge in [-0.2, -0.15) is 0 Å². The zero-order valence-corrected chi connectivity index (χ0v) is 21.9. The molecule has 0 atom stereocenters. The fraction of sp³-hybridized carbons (Fsp3) is 0.462. The van der Waals surface area contributed by atoms with Crippen molar-refractivity contribution in [2.75, 3.05) is 11.5 Å². The molecule has 2 aromatic heterocycles. The van der Waals surface area contributed by atoms with Crippen LogP contribution in [0, 0.1) is 0 Å². The Kier molecular flexibility index (Phi) is 10.2. The van der Waals surface area contributed by atoms with Crippen LogP contribution in [0.4, 0.5) is 0 Å². The fourth-order valence-electron chi connectivity index (χ4n) is 3.76. The summed E-state index contributed by atoms with van der Waals surface area (Å²) in [6, 6.07) is 16.9. The lowest BCUT2D eigenvalue weighted by atomic mass is 10.1. The second-order valence-electron chi connectivity index (χ2n) is 8.13. The molecule has 0 bridgehead atoms. The van der Waals surface area contributed by atoms with Gasteiger partial charge in [0.1, 0.15) is 0 Å². The Hall–Kier alpha value is -1.08. The van der Waals surface area contributed by atoms with Crippen molar-refractivity contribution < 1.29 is 0 Å². The Morgan fingerprint density at radius 3 is 1.28 bits per heavy atom. The maximum absolute atomic E-state index is 4.71. The summed E-state index contributed by atoms with van der Waals surface area (Å²) in [5.74, 6) is 2.41. The summed E-state index contributed by atoms with van der Waals surface area (Å²) in [5, 5.41) is 0. The highest BCUT2D eigenvalue weighted by Gasteiger charge is 2.04. The van der Waals surface area contributed by atoms with E-state index in [1.165, 1.54) is 93.8 Å². The fourth-order valence-corrected chi connectivity index (χ4v) is 8.04. The normalized spacial score (nSPS) is 11.6. The molecule has 0 aliphatic heterocycles. The molecule has 0 aliphatic rings. The molecule has 32 heavy (non-hydrogen) atoms. The Balaban J connectivity index is 0.931. The van der Waals surface area contributed by atoms with E-state index in [0.717, 1.165) is 11.0 Å². The molecule has 0 unspecified atom stereocenters. The van der Waals surface area contributed by atoms with Crippen LogP contribution in [0.25, 0.3) is 20.4 Å². The van der Waals surface area contributed by atoms with Gasteiger partial charge in [0, 0.05) is 11.5 Å². The second-order valence-corrected chi connectivity index (χ2v) is 12.9. The van der Waals surface area contributed by atoms with Crippen LogP contribution < -0.4 is 0 Å². The van der Waals surface area contributed by atoms with Crippen LogP contribution in [0.1, 0.15) is 64.2 Å². The SMILES string of the molecule is c1ccc2sc(SCCCCCCCCCCCCSc3nc4ccccc4s3)nc2c1. The first kappa shape index (κ1) is 24.1. The maximum Gasteiger partial charge on any atom is 0.151 e. The molecule has 6 heteroatoms. The Labute approximate surface area is 208 Å². The predicted octanol–water partition coefficient (Wildman–Crippen LogP) is 9.69. The minimum atomic E-state index is 1.15. The zero-order valence-electron chi connectivity index (χ0n) is 18.6. The second kappa shape index (κ2) is 13.6. The maximum atomic E-state index is 4.71. The van der Waals surface area contributed by atoms with Crippen LogP contribution in [0.2, 0.25) is 0 Å². The number of nitrogens with zero attached hydrogens (tertiary/aromatic N) is 2. The Morgan fingerprint density at radius 1 is 0.500 bits per heavy atom. The molecule has 0 saturated heterocycles. The van der Waals surface area contributed by atoms with Gasteiger partial charge in [-0.15, -0.1) is 22.7 Å². The third kappa shape index (κ3) is 7.75. The Bertz CT molecular complexity index is 920. The summed E-state index contributed by atoms with van der Waals surface area (Å²) in [6.07, 6.45) is 13.7. The van der Waals surface area contributed by atoms with Gasteiger partial charge in [0.2, 0.25) is 0 Å². The van der Waals surface area contributed by atoms with Gasteiger partial charge in [-0.1, -0.05) is 99.2 Å². The number of thioether (sulfide) groups is 2. The summed E-state index contributed by atoms with van der Waals surface area (Å²) in [7, 11) is 0. The molecule has 0 saturated carbocycles. The zero-order chi connectivity index (χ0) is 21.8. The monoisotopic (exact) mass is 500 g/mol. The van der Waals surface area contributed by atoms with E-state index in [9.17, 15) is 0 Å². The first-order chi connectivity index (χ1) is 15.9. The highest BCUT2D eigenvalue weighted by atomic mass is 32.2. The molecular formula is C26H32N2S4. The van der Waals surface area contributed by atoms with E-state index in [0.29, 0.717) is 0 Å². The molecule has 2 heterocycles. The van der Waals surface area contributed by atoms with Crippen molar-refractivity contribution in [3.05, 3.63) is 48.5 Å². The van der Waals surface area contributed by atoms with E-state index in [1.807, 2.05) is 46.2 Å². The molecule has 0 amide bonds. The molecule has 4 rings (SSSR count). The standard InChI is InChI=1S/C26H32N2S4/c1(3-5-7-13-19-29-25-27-21-15-9-11-17-23(21)31-25)2-4-6-8-14-20-30-26-28-22-16-10-12-18-24(22)32-26/h9-12,15-18H,1-8,13-14,19-20H2. The third-order valence-corrected chi connectivity index (χ3v) is 10.1. The van der Waals surface area contributed by atoms with Crippen molar-refractivity contribution in [1.29, 1.82) is 0 Å². The van der Waals surface area contributed by atoms with Crippen molar-refractivity contribution in [2.24, 2.45) is 0 Å². The molecule has 0 radical (unpaired) electrons. The summed E-state index contributed by atoms with van der Waals surface area (Å²) in [6.45, 7) is 0. The molecule has 2 aromatic carbocycles. The first-order valence-electron chi connectivity index (χ1n) is 11.9. The van der Waals surface area contributed by atoms with Crippen molar-refractivity contribution in [1.82, 2.24) is 9.97 Å². The van der Waals surface area contributed by atoms with E-state index in [2.05, 4.69) is 48.5 Å². The minimum Gasteiger partial charge on any atom is -0.230 e. The third-order valence-electron chi connectivity index (χ3n) is 5.54. The van der Waals surface area contributed by atoms with E-state index >= 15 is 0 Å². The van der Waals surface area contributed by atoms with Crippen LogP contribution >= 0.6 is 46.2 Å². The van der Waals surface area contributed by atoms with Crippen LogP contribution in [-0.2, 0) is 0 Å². The smallest absolute Gasteiger partial charge is 0.151 e. The van der Waals surface area contributed by atoms with E-state index < -0.39 is 0 Å². The molecule has 2 nitrogen and oxygen atoms in total. The number of thiazole rings is 2. The number of hydrogen-bond acceptors (Lipinski definition) is 6. The summed E-state index contributed by atoms with van der Waals surface area (Å²) in [4.78, 5) is 9.42. The molecule has 4 aromatic rings. The lowest BCUT2D eigenvalue weighted by Gasteiger charge is -2.03. The number of aromatic nitrogens is 2. The van der Waals surface area contributed by atoms with Crippen LogP contribution in [0.15, 0.2) is 57.2 Å². The van der Waals surface area contributed by atoms with Crippen LogP contribution in [0.5, 0.6) is 0 Å². The molecule has 0 fully saturated rings. The quantitative estimate of drug-likeness (QED) is 0.120. The highest BCUT2D eigenvalue weighted by Crippen LogP contribution is 2.31. The van der Waals surface area contributed by atoms with Gasteiger partial charge in [0.05, 0.1) is 20.4 Å². The van der Waals surface area contributed by atoms with Crippen molar-refractivity contribution in [3.8, 4) is 0 Å². The molecular weight excluding hydrogens is 469 g/mol. The lowest BCUT2D eigenvalue weighted by Crippen LogP contribution is -1.85. The average Bonchev–Trinajstić information content (AvgIpc) is 3.42. The topological polar surface area (TPSA) is 25.8 Å². The molecule has 0 N–H and O–H groups in total. The Morgan fingerprint density at radius 2 is 0.875 bits per heavy atom. The summed E-state index contributed by atoms with van der Waals surface area (Å²) >= 11 is 7.52. The van der Waals surface area contributed by atoms with Gasteiger partial charge in [-0.05, 0) is 37.1 Å². The van der Waals surface area contributed by atoms with Gasteiger partial charge in [-0.25, -0.2) is 9.97 Å². The predicted molar refractivity (Wildman–Crippen MR) is 147 cm³/mol. The summed E-state index contributed by atoms with van der Waals surface area (Å²) in [5.41, 5.74) is 2.29. The molecule has 170 valence electrons. The number of benzene rings is 2. The van der Waals surface area contributed by atoms with Gasteiger partial charge >= 0.3 is 0 Å². The summed E-state index contributed by atoms with van der Waals surface area (Å²) < 4.78 is 5.07. The number of rotatable bonds is 15. The largest absolute Gasteiger partial charge is 0.230 e. The lowest BCUT2D eigenvalue weighted by molar-refractivity contribution is 0.564. The van der Waals surface area contributed by atoms with Crippen molar-refractivity contribution >= 4 is 66.6 Å². The number of hydrogen-bond donors (Lipinski definition) is 0. The number of unbranched alkanes of at least 4 members (excludes halogenated alkanes) is 9. The van der Waals surface area contributed by atoms with Crippen LogP contribution in [-0.4, -0.2) is 21.5 Å². The van der Waals surface area contributed by atoms with Gasteiger partial charge in [0.25, 0.3) is 0 Å². The van der Waals surface area contributed by atoms with Gasteiger partial charge in [-0.3, -0.25) is 0 Å².